The zero-order valence-corrected chi connectivity index (χ0v) is 11.1. The highest BCUT2D eigenvalue weighted by Crippen LogP contribution is 2.32. The number of nitrogens with zero attached hydrogens (tertiary/aromatic N) is 1. The van der Waals surface area contributed by atoms with Gasteiger partial charge in [-0.2, -0.15) is 0 Å². The van der Waals surface area contributed by atoms with Gasteiger partial charge < -0.3 is 15.8 Å². The van der Waals surface area contributed by atoms with Gasteiger partial charge in [-0.15, -0.1) is 0 Å². The van der Waals surface area contributed by atoms with Crippen LogP contribution in [-0.4, -0.2) is 22.2 Å². The molecule has 0 aliphatic carbocycles. The molecule has 0 aromatic heterocycles. The van der Waals surface area contributed by atoms with E-state index in [9.17, 15) is 15.2 Å². The van der Waals surface area contributed by atoms with Crippen LogP contribution in [0.5, 0.6) is 0 Å². The van der Waals surface area contributed by atoms with Gasteiger partial charge in [-0.25, -0.2) is 0 Å². The van der Waals surface area contributed by atoms with Gasteiger partial charge in [-0.1, -0.05) is 19.4 Å². The maximum atomic E-state index is 11.1. The number of para-hydroxylation sites is 1. The second kappa shape index (κ2) is 6.35. The quantitative estimate of drug-likeness (QED) is 0.341. The predicted molar refractivity (Wildman–Crippen MR) is 74.9 cm³/mol. The summed E-state index contributed by atoms with van der Waals surface area (Å²) in [6.07, 6.45) is 1.45. The number of aliphatic hydroxyl groups is 1. The molecule has 106 valence electrons. The van der Waals surface area contributed by atoms with Gasteiger partial charge in [-0.05, 0) is 25.5 Å². The third kappa shape index (κ3) is 4.08. The van der Waals surface area contributed by atoms with Gasteiger partial charge in [0, 0.05) is 6.54 Å². The van der Waals surface area contributed by atoms with Gasteiger partial charge in [0.25, 0.3) is 0 Å². The molecule has 0 radical (unpaired) electrons. The lowest BCUT2D eigenvalue weighted by molar-refractivity contribution is -0.383. The van der Waals surface area contributed by atoms with Crippen LogP contribution in [0.15, 0.2) is 18.2 Å². The number of nitro benzene ring substituents is 1. The molecule has 1 unspecified atom stereocenters. The number of nitro groups is 1. The smallest absolute Gasteiger partial charge is 0.316 e. The third-order valence-electron chi connectivity index (χ3n) is 2.82. The van der Waals surface area contributed by atoms with Crippen LogP contribution in [0.25, 0.3) is 0 Å². The highest BCUT2D eigenvalue weighted by atomic mass is 16.6. The number of nitrogens with two attached hydrogens (primary N) is 1. The summed E-state index contributed by atoms with van der Waals surface area (Å²) < 4.78 is 0. The van der Waals surface area contributed by atoms with Gasteiger partial charge >= 0.3 is 5.69 Å². The van der Waals surface area contributed by atoms with Crippen LogP contribution in [-0.2, 0) is 0 Å². The van der Waals surface area contributed by atoms with Crippen molar-refractivity contribution in [3.05, 3.63) is 28.3 Å². The van der Waals surface area contributed by atoms with Crippen LogP contribution in [0.1, 0.15) is 26.7 Å². The fourth-order valence-corrected chi connectivity index (χ4v) is 1.91. The highest BCUT2D eigenvalue weighted by Gasteiger charge is 2.23. The maximum absolute atomic E-state index is 11.1. The van der Waals surface area contributed by atoms with E-state index in [1.54, 1.807) is 19.1 Å². The fourth-order valence-electron chi connectivity index (χ4n) is 1.91. The molecule has 0 spiro atoms. The van der Waals surface area contributed by atoms with E-state index >= 15 is 0 Å². The molecule has 1 atom stereocenters. The number of hydrogen-bond donors (Lipinski definition) is 4. The van der Waals surface area contributed by atoms with E-state index in [4.69, 9.17) is 5.84 Å². The molecular weight excluding hydrogens is 248 g/mol. The molecule has 0 heterocycles. The Morgan fingerprint density at radius 3 is 2.63 bits per heavy atom. The van der Waals surface area contributed by atoms with Crippen LogP contribution >= 0.6 is 0 Å². The van der Waals surface area contributed by atoms with Crippen molar-refractivity contribution in [3.8, 4) is 0 Å². The number of hydrogen-bond acceptors (Lipinski definition) is 6. The Kier molecular flexibility index (Phi) is 5.08. The summed E-state index contributed by atoms with van der Waals surface area (Å²) in [5.41, 5.74) is 1.82. The van der Waals surface area contributed by atoms with Gasteiger partial charge in [0.1, 0.15) is 11.4 Å². The van der Waals surface area contributed by atoms with Gasteiger partial charge in [-0.3, -0.25) is 16.0 Å². The van der Waals surface area contributed by atoms with Crippen LogP contribution in [0.3, 0.4) is 0 Å². The molecule has 7 heteroatoms. The molecule has 1 aromatic rings. The molecular formula is C12H20N4O3. The first kappa shape index (κ1) is 15.2. The summed E-state index contributed by atoms with van der Waals surface area (Å²) in [5.74, 6) is 5.26. The topological polar surface area (TPSA) is 113 Å². The molecule has 7 nitrogen and oxygen atoms in total. The molecule has 0 saturated carbocycles. The molecule has 0 amide bonds. The SMILES string of the molecule is CCCC(C)(O)CNc1cccc(NN)c1[N+](=O)[O-]. The Hall–Kier alpha value is -1.86. The summed E-state index contributed by atoms with van der Waals surface area (Å²) in [4.78, 5) is 10.6. The van der Waals surface area contributed by atoms with E-state index in [1.165, 1.54) is 6.07 Å². The maximum Gasteiger partial charge on any atom is 0.316 e. The van der Waals surface area contributed by atoms with Crippen molar-refractivity contribution in [1.29, 1.82) is 0 Å². The van der Waals surface area contributed by atoms with Gasteiger partial charge in [0.15, 0.2) is 0 Å². The number of anilines is 2. The first-order valence-electron chi connectivity index (χ1n) is 6.11. The predicted octanol–water partition coefficient (Wildman–Crippen LogP) is 1.84. The number of benzene rings is 1. The third-order valence-corrected chi connectivity index (χ3v) is 2.82. The molecule has 0 bridgehead atoms. The summed E-state index contributed by atoms with van der Waals surface area (Å²) >= 11 is 0. The normalized spacial score (nSPS) is 13.7. The number of rotatable bonds is 7. The van der Waals surface area contributed by atoms with Crippen molar-refractivity contribution in [3.63, 3.8) is 0 Å². The minimum Gasteiger partial charge on any atom is -0.388 e. The average molecular weight is 268 g/mol. The van der Waals surface area contributed by atoms with Crippen LogP contribution in [0.2, 0.25) is 0 Å². The summed E-state index contributed by atoms with van der Waals surface area (Å²) in [7, 11) is 0. The Morgan fingerprint density at radius 1 is 1.47 bits per heavy atom. The van der Waals surface area contributed by atoms with E-state index in [0.717, 1.165) is 6.42 Å². The number of nitrogens with one attached hydrogen (secondary N) is 2. The Morgan fingerprint density at radius 2 is 2.11 bits per heavy atom. The first-order chi connectivity index (χ1) is 8.91. The van der Waals surface area contributed by atoms with Crippen molar-refractivity contribution in [2.75, 3.05) is 17.3 Å². The number of hydrazine groups is 1. The lowest BCUT2D eigenvalue weighted by Crippen LogP contribution is -2.33. The van der Waals surface area contributed by atoms with E-state index in [-0.39, 0.29) is 17.9 Å². The lowest BCUT2D eigenvalue weighted by Gasteiger charge is -2.23. The van der Waals surface area contributed by atoms with Gasteiger partial charge in [0.2, 0.25) is 0 Å². The summed E-state index contributed by atoms with van der Waals surface area (Å²) in [6, 6.07) is 4.76. The lowest BCUT2D eigenvalue weighted by atomic mass is 10.0. The highest BCUT2D eigenvalue weighted by molar-refractivity contribution is 5.75. The van der Waals surface area contributed by atoms with Crippen molar-refractivity contribution >= 4 is 17.1 Å². The molecule has 0 aliphatic rings. The molecule has 19 heavy (non-hydrogen) atoms. The van der Waals surface area contributed by atoms with Gasteiger partial charge in [0.05, 0.1) is 10.5 Å². The first-order valence-corrected chi connectivity index (χ1v) is 6.11. The Balaban J connectivity index is 2.92. The molecule has 1 aromatic carbocycles. The second-order valence-electron chi connectivity index (χ2n) is 4.70. The molecule has 1 rings (SSSR count). The Bertz CT molecular complexity index is 449. The van der Waals surface area contributed by atoms with Crippen LogP contribution in [0, 0.1) is 10.1 Å². The second-order valence-corrected chi connectivity index (χ2v) is 4.70. The van der Waals surface area contributed by atoms with Crippen LogP contribution < -0.4 is 16.6 Å². The van der Waals surface area contributed by atoms with E-state index < -0.39 is 10.5 Å². The Labute approximate surface area is 111 Å². The zero-order valence-electron chi connectivity index (χ0n) is 11.1. The largest absolute Gasteiger partial charge is 0.388 e. The monoisotopic (exact) mass is 268 g/mol. The molecule has 5 N–H and O–H groups in total. The summed E-state index contributed by atoms with van der Waals surface area (Å²) in [6.45, 7) is 3.89. The minimum atomic E-state index is -0.908. The average Bonchev–Trinajstić information content (AvgIpc) is 2.35. The van der Waals surface area contributed by atoms with E-state index in [0.29, 0.717) is 12.1 Å². The number of nitrogen functional groups attached to an aromatic ring is 1. The minimum absolute atomic E-state index is 0.128. The standard InChI is InChI=1S/C12H20N4O3/c1-3-7-12(2,17)8-14-9-5-4-6-10(15-13)11(9)16(18)19/h4-6,14-15,17H,3,7-8,13H2,1-2H3. The van der Waals surface area contributed by atoms with E-state index in [2.05, 4.69) is 10.7 Å². The van der Waals surface area contributed by atoms with E-state index in [1.807, 2.05) is 6.92 Å². The zero-order chi connectivity index (χ0) is 14.5. The van der Waals surface area contributed by atoms with Crippen molar-refractivity contribution in [1.82, 2.24) is 0 Å². The fraction of sp³-hybridized carbons (Fsp3) is 0.500. The van der Waals surface area contributed by atoms with Crippen molar-refractivity contribution < 1.29 is 10.0 Å². The van der Waals surface area contributed by atoms with Crippen LogP contribution in [0.4, 0.5) is 17.1 Å². The molecule has 0 saturated heterocycles. The van der Waals surface area contributed by atoms with Crippen molar-refractivity contribution in [2.24, 2.45) is 5.84 Å². The molecule has 0 fully saturated rings. The summed E-state index contributed by atoms with van der Waals surface area (Å²) in [5, 5.41) is 24.0. The molecule has 0 aliphatic heterocycles. The van der Waals surface area contributed by atoms with Crippen molar-refractivity contribution in [2.45, 2.75) is 32.3 Å².